The van der Waals surface area contributed by atoms with Gasteiger partial charge < -0.3 is 19.7 Å². The second kappa shape index (κ2) is 6.57. The fraction of sp³-hybridized carbons (Fsp3) is 0.263. The van der Waals surface area contributed by atoms with Gasteiger partial charge in [-0.2, -0.15) is 0 Å². The lowest BCUT2D eigenvalue weighted by atomic mass is 10.2. The maximum atomic E-state index is 12.3. The molecule has 2 N–H and O–H groups in total. The Morgan fingerprint density at radius 1 is 1.24 bits per heavy atom. The third-order valence-corrected chi connectivity index (χ3v) is 4.53. The molecule has 2 aromatic carbocycles. The highest BCUT2D eigenvalue weighted by atomic mass is 16.3. The number of benzene rings is 2. The van der Waals surface area contributed by atoms with E-state index in [0.29, 0.717) is 18.1 Å². The van der Waals surface area contributed by atoms with Gasteiger partial charge in [0.25, 0.3) is 0 Å². The van der Waals surface area contributed by atoms with Crippen molar-refractivity contribution in [3.05, 3.63) is 48.5 Å². The summed E-state index contributed by atoms with van der Waals surface area (Å²) in [5.41, 5.74) is 3.12. The van der Waals surface area contributed by atoms with Crippen molar-refractivity contribution in [2.45, 2.75) is 18.9 Å². The predicted octanol–water partition coefficient (Wildman–Crippen LogP) is 3.48. The van der Waals surface area contributed by atoms with Crippen LogP contribution in [-0.4, -0.2) is 40.2 Å². The Morgan fingerprint density at radius 2 is 2.04 bits per heavy atom. The smallest absolute Gasteiger partial charge is 0.322 e. The summed E-state index contributed by atoms with van der Waals surface area (Å²) in [5.74, 6) is 0.555. The first-order valence-electron chi connectivity index (χ1n) is 8.39. The standard InChI is InChI=1S/C19H19N3O3/c23-12-15-4-3-11-22(15)19(24)20-14-9-7-13(8-10-14)18-21-16-5-1-2-6-17(16)25-18/h1-2,5-10,15,23H,3-4,11-12H2,(H,20,24)/t15-/m1/s1. The number of para-hydroxylation sites is 2. The largest absolute Gasteiger partial charge is 0.436 e. The molecule has 6 nitrogen and oxygen atoms in total. The van der Waals surface area contributed by atoms with Crippen molar-refractivity contribution in [2.75, 3.05) is 18.5 Å². The number of urea groups is 1. The summed E-state index contributed by atoms with van der Waals surface area (Å²) < 4.78 is 5.75. The van der Waals surface area contributed by atoms with Crippen molar-refractivity contribution >= 4 is 22.8 Å². The third-order valence-electron chi connectivity index (χ3n) is 4.53. The number of fused-ring (bicyclic) bond motifs is 1. The zero-order valence-electron chi connectivity index (χ0n) is 13.7. The van der Waals surface area contributed by atoms with Crippen LogP contribution in [-0.2, 0) is 0 Å². The number of rotatable bonds is 3. The summed E-state index contributed by atoms with van der Waals surface area (Å²) in [6, 6.07) is 14.8. The van der Waals surface area contributed by atoms with Gasteiger partial charge >= 0.3 is 6.03 Å². The molecule has 1 aliphatic heterocycles. The van der Waals surface area contributed by atoms with Crippen molar-refractivity contribution < 1.29 is 14.3 Å². The molecule has 1 atom stereocenters. The van der Waals surface area contributed by atoms with Gasteiger partial charge in [0, 0.05) is 17.8 Å². The Kier molecular flexibility index (Phi) is 4.11. The van der Waals surface area contributed by atoms with Gasteiger partial charge in [-0.1, -0.05) is 12.1 Å². The molecule has 0 aliphatic carbocycles. The third kappa shape index (κ3) is 3.08. The highest BCUT2D eigenvalue weighted by Gasteiger charge is 2.27. The Balaban J connectivity index is 1.49. The van der Waals surface area contributed by atoms with Crippen LogP contribution < -0.4 is 5.32 Å². The number of hydrogen-bond acceptors (Lipinski definition) is 4. The predicted molar refractivity (Wildman–Crippen MR) is 95.3 cm³/mol. The Bertz CT molecular complexity index is 855. The average Bonchev–Trinajstić information content (AvgIpc) is 3.28. The molecule has 4 rings (SSSR count). The molecule has 1 aromatic heterocycles. The number of hydrogen-bond donors (Lipinski definition) is 2. The quantitative estimate of drug-likeness (QED) is 0.767. The van der Waals surface area contributed by atoms with E-state index >= 15 is 0 Å². The number of aromatic nitrogens is 1. The van der Waals surface area contributed by atoms with Crippen LogP contribution in [0.1, 0.15) is 12.8 Å². The van der Waals surface area contributed by atoms with Gasteiger partial charge in [-0.25, -0.2) is 9.78 Å². The first-order valence-corrected chi connectivity index (χ1v) is 8.39. The molecule has 128 valence electrons. The Morgan fingerprint density at radius 3 is 2.80 bits per heavy atom. The fourth-order valence-electron chi connectivity index (χ4n) is 3.18. The highest BCUT2D eigenvalue weighted by Crippen LogP contribution is 2.25. The zero-order valence-corrected chi connectivity index (χ0v) is 13.7. The van der Waals surface area contributed by atoms with Crippen LogP contribution in [0.4, 0.5) is 10.5 Å². The fourth-order valence-corrected chi connectivity index (χ4v) is 3.18. The molecule has 1 saturated heterocycles. The summed E-state index contributed by atoms with van der Waals surface area (Å²) in [7, 11) is 0. The molecular formula is C19H19N3O3. The summed E-state index contributed by atoms with van der Waals surface area (Å²) in [6.45, 7) is 0.683. The first kappa shape index (κ1) is 15.7. The number of nitrogens with zero attached hydrogens (tertiary/aromatic N) is 2. The van der Waals surface area contributed by atoms with E-state index in [9.17, 15) is 9.90 Å². The van der Waals surface area contributed by atoms with Crippen LogP contribution in [0.2, 0.25) is 0 Å². The van der Waals surface area contributed by atoms with E-state index in [1.54, 1.807) is 4.90 Å². The molecule has 0 bridgehead atoms. The van der Waals surface area contributed by atoms with Gasteiger partial charge in [-0.15, -0.1) is 0 Å². The van der Waals surface area contributed by atoms with Crippen molar-refractivity contribution in [1.82, 2.24) is 9.88 Å². The number of carbonyl (C=O) groups excluding carboxylic acids is 1. The van der Waals surface area contributed by atoms with Gasteiger partial charge in [0.2, 0.25) is 5.89 Å². The number of nitrogens with one attached hydrogen (secondary N) is 1. The molecule has 25 heavy (non-hydrogen) atoms. The van der Waals surface area contributed by atoms with Crippen LogP contribution in [0.3, 0.4) is 0 Å². The number of aliphatic hydroxyl groups excluding tert-OH is 1. The number of aliphatic hydroxyl groups is 1. The molecular weight excluding hydrogens is 318 g/mol. The second-order valence-electron chi connectivity index (χ2n) is 6.17. The molecule has 1 aliphatic rings. The number of anilines is 1. The van der Waals surface area contributed by atoms with Crippen molar-refractivity contribution in [2.24, 2.45) is 0 Å². The SMILES string of the molecule is O=C(Nc1ccc(-c2nc3ccccc3o2)cc1)N1CCC[C@@H]1CO. The van der Waals surface area contributed by atoms with Gasteiger partial charge in [0.1, 0.15) is 5.52 Å². The van der Waals surface area contributed by atoms with Gasteiger partial charge in [0.15, 0.2) is 5.58 Å². The Hall–Kier alpha value is -2.86. The maximum absolute atomic E-state index is 12.3. The molecule has 0 spiro atoms. The van der Waals surface area contributed by atoms with E-state index in [1.165, 1.54) is 0 Å². The van der Waals surface area contributed by atoms with Gasteiger partial charge in [-0.3, -0.25) is 0 Å². The van der Waals surface area contributed by atoms with E-state index in [4.69, 9.17) is 4.42 Å². The van der Waals surface area contributed by atoms with Crippen LogP contribution >= 0.6 is 0 Å². The van der Waals surface area contributed by atoms with E-state index in [1.807, 2.05) is 48.5 Å². The van der Waals surface area contributed by atoms with Crippen LogP contribution in [0.5, 0.6) is 0 Å². The number of carbonyl (C=O) groups is 1. The maximum Gasteiger partial charge on any atom is 0.322 e. The van der Waals surface area contributed by atoms with Crippen molar-refractivity contribution in [3.8, 4) is 11.5 Å². The lowest BCUT2D eigenvalue weighted by molar-refractivity contribution is 0.166. The molecule has 0 unspecified atom stereocenters. The zero-order chi connectivity index (χ0) is 17.2. The number of oxazole rings is 1. The lowest BCUT2D eigenvalue weighted by Crippen LogP contribution is -2.40. The van der Waals surface area contributed by atoms with E-state index < -0.39 is 0 Å². The normalized spacial score (nSPS) is 17.2. The van der Waals surface area contributed by atoms with Gasteiger partial charge in [0.05, 0.1) is 12.6 Å². The molecule has 3 aromatic rings. The Labute approximate surface area is 145 Å². The van der Waals surface area contributed by atoms with Crippen molar-refractivity contribution in [1.29, 1.82) is 0 Å². The minimum absolute atomic E-state index is 0.00405. The van der Waals surface area contributed by atoms with Crippen molar-refractivity contribution in [3.63, 3.8) is 0 Å². The molecule has 1 fully saturated rings. The molecule has 0 saturated carbocycles. The average molecular weight is 337 g/mol. The number of amides is 2. The van der Waals surface area contributed by atoms with E-state index in [2.05, 4.69) is 10.3 Å². The molecule has 0 radical (unpaired) electrons. The summed E-state index contributed by atoms with van der Waals surface area (Å²) in [5, 5.41) is 12.2. The highest BCUT2D eigenvalue weighted by molar-refractivity contribution is 5.90. The second-order valence-corrected chi connectivity index (χ2v) is 6.17. The molecule has 2 amide bonds. The first-order chi connectivity index (χ1) is 12.2. The van der Waals surface area contributed by atoms with E-state index in [0.717, 1.165) is 29.5 Å². The van der Waals surface area contributed by atoms with Gasteiger partial charge in [-0.05, 0) is 49.2 Å². The van der Waals surface area contributed by atoms with Crippen LogP contribution in [0, 0.1) is 0 Å². The summed E-state index contributed by atoms with van der Waals surface area (Å²) in [6.07, 6.45) is 1.77. The molecule has 6 heteroatoms. The lowest BCUT2D eigenvalue weighted by Gasteiger charge is -2.23. The monoisotopic (exact) mass is 337 g/mol. The molecule has 2 heterocycles. The summed E-state index contributed by atoms with van der Waals surface area (Å²) >= 11 is 0. The topological polar surface area (TPSA) is 78.6 Å². The van der Waals surface area contributed by atoms with Crippen LogP contribution in [0.15, 0.2) is 52.9 Å². The van der Waals surface area contributed by atoms with E-state index in [-0.39, 0.29) is 18.7 Å². The number of likely N-dealkylation sites (tertiary alicyclic amines) is 1. The van der Waals surface area contributed by atoms with Crippen LogP contribution in [0.25, 0.3) is 22.6 Å². The minimum Gasteiger partial charge on any atom is -0.436 e. The summed E-state index contributed by atoms with van der Waals surface area (Å²) in [4.78, 5) is 18.5. The minimum atomic E-state index is -0.175.